The second-order valence-corrected chi connectivity index (χ2v) is 5.07. The topological polar surface area (TPSA) is 92.3 Å². The maximum Gasteiger partial charge on any atom is 0.341 e. The van der Waals surface area contributed by atoms with Crippen molar-refractivity contribution in [2.45, 2.75) is 0 Å². The molecule has 0 atom stereocenters. The van der Waals surface area contributed by atoms with Gasteiger partial charge in [0.25, 0.3) is 0 Å². The summed E-state index contributed by atoms with van der Waals surface area (Å²) >= 11 is 1.12. The predicted molar refractivity (Wildman–Crippen MR) is 79.2 cm³/mol. The van der Waals surface area contributed by atoms with Crippen molar-refractivity contribution in [2.75, 3.05) is 7.11 Å². The second-order valence-electron chi connectivity index (χ2n) is 4.30. The first-order valence-corrected chi connectivity index (χ1v) is 6.78. The van der Waals surface area contributed by atoms with Gasteiger partial charge >= 0.3 is 5.97 Å². The summed E-state index contributed by atoms with van der Waals surface area (Å²) in [6, 6.07) is 7.08. The molecule has 0 bridgehead atoms. The molecule has 1 aromatic carbocycles. The van der Waals surface area contributed by atoms with Gasteiger partial charge in [0, 0.05) is 11.8 Å². The van der Waals surface area contributed by atoms with Crippen LogP contribution >= 0.6 is 11.5 Å². The minimum Gasteiger partial charge on any atom is -0.497 e. The lowest BCUT2D eigenvalue weighted by Crippen LogP contribution is -2.15. The van der Waals surface area contributed by atoms with Crippen LogP contribution in [-0.4, -0.2) is 27.5 Å². The van der Waals surface area contributed by atoms with Crippen molar-refractivity contribution in [2.24, 2.45) is 0 Å². The molecular weight excluding hydrogens is 292 g/mol. The fourth-order valence-corrected chi connectivity index (χ4v) is 2.81. The number of carboxylic acids is 1. The Morgan fingerprint density at radius 1 is 1.33 bits per heavy atom. The molecule has 7 heteroatoms. The van der Waals surface area contributed by atoms with Gasteiger partial charge in [-0.15, -0.1) is 0 Å². The second kappa shape index (κ2) is 5.02. The number of aromatic nitrogens is 2. The molecule has 0 spiro atoms. The lowest BCUT2D eigenvalue weighted by atomic mass is 10.1. The Kier molecular flexibility index (Phi) is 3.19. The molecule has 2 N–H and O–H groups in total. The van der Waals surface area contributed by atoms with Gasteiger partial charge in [-0.25, -0.2) is 4.79 Å². The molecule has 21 heavy (non-hydrogen) atoms. The number of ether oxygens (including phenoxy) is 1. The number of pyridine rings is 1. The minimum absolute atomic E-state index is 0.294. The third kappa shape index (κ3) is 2.17. The molecule has 106 valence electrons. The highest BCUT2D eigenvalue weighted by molar-refractivity contribution is 7.13. The largest absolute Gasteiger partial charge is 0.497 e. The number of aromatic carboxylic acids is 1. The van der Waals surface area contributed by atoms with E-state index >= 15 is 0 Å². The van der Waals surface area contributed by atoms with Crippen molar-refractivity contribution in [1.29, 1.82) is 0 Å². The summed E-state index contributed by atoms with van der Waals surface area (Å²) in [5.74, 6) is -0.566. The smallest absolute Gasteiger partial charge is 0.341 e. The molecule has 0 fully saturated rings. The number of nitrogens with zero attached hydrogens (tertiary/aromatic N) is 1. The fourth-order valence-electron chi connectivity index (χ4n) is 2.04. The number of fused-ring (bicyclic) bond motifs is 1. The van der Waals surface area contributed by atoms with Crippen LogP contribution in [-0.2, 0) is 0 Å². The molecule has 0 amide bonds. The highest BCUT2D eigenvalue weighted by Crippen LogP contribution is 2.28. The number of rotatable bonds is 3. The van der Waals surface area contributed by atoms with Gasteiger partial charge in [-0.1, -0.05) is 0 Å². The van der Waals surface area contributed by atoms with E-state index in [0.717, 1.165) is 17.1 Å². The summed E-state index contributed by atoms with van der Waals surface area (Å²) in [4.78, 5) is 26.7. The van der Waals surface area contributed by atoms with Gasteiger partial charge in [0.2, 0.25) is 5.43 Å². The fraction of sp³-hybridized carbons (Fsp3) is 0.0714. The molecule has 3 rings (SSSR count). The average molecular weight is 302 g/mol. The van der Waals surface area contributed by atoms with E-state index in [4.69, 9.17) is 9.84 Å². The number of carboxylic acid groups (broad SMARTS) is 1. The summed E-state index contributed by atoms with van der Waals surface area (Å²) in [6.45, 7) is 0. The molecule has 0 saturated carbocycles. The third-order valence-corrected chi connectivity index (χ3v) is 3.88. The van der Waals surface area contributed by atoms with Crippen LogP contribution in [0.1, 0.15) is 10.4 Å². The monoisotopic (exact) mass is 302 g/mol. The van der Waals surface area contributed by atoms with Gasteiger partial charge in [0.15, 0.2) is 0 Å². The van der Waals surface area contributed by atoms with Crippen molar-refractivity contribution in [3.63, 3.8) is 0 Å². The summed E-state index contributed by atoms with van der Waals surface area (Å²) in [5, 5.41) is 9.34. The summed E-state index contributed by atoms with van der Waals surface area (Å²) < 4.78 is 9.34. The van der Waals surface area contributed by atoms with Gasteiger partial charge in [-0.2, -0.15) is 4.37 Å². The van der Waals surface area contributed by atoms with Gasteiger partial charge in [-0.05, 0) is 35.8 Å². The van der Waals surface area contributed by atoms with E-state index in [1.54, 1.807) is 31.4 Å². The molecule has 0 aliphatic rings. The van der Waals surface area contributed by atoms with Gasteiger partial charge in [0.1, 0.15) is 16.1 Å². The first kappa shape index (κ1) is 13.3. The quantitative estimate of drug-likeness (QED) is 0.775. The Bertz CT molecular complexity index is 880. The van der Waals surface area contributed by atoms with Gasteiger partial charge in [0.05, 0.1) is 18.2 Å². The van der Waals surface area contributed by atoms with E-state index in [0.29, 0.717) is 21.7 Å². The van der Waals surface area contributed by atoms with Crippen LogP contribution in [0.4, 0.5) is 0 Å². The molecule has 0 unspecified atom stereocenters. The maximum atomic E-state index is 12.3. The van der Waals surface area contributed by atoms with Crippen molar-refractivity contribution < 1.29 is 14.6 Å². The molecule has 0 radical (unpaired) electrons. The summed E-state index contributed by atoms with van der Waals surface area (Å²) in [7, 11) is 1.57. The van der Waals surface area contributed by atoms with E-state index in [-0.39, 0.29) is 5.56 Å². The Hall–Kier alpha value is -2.67. The van der Waals surface area contributed by atoms with E-state index in [2.05, 4.69) is 9.36 Å². The molecular formula is C14H10N2O4S. The Morgan fingerprint density at radius 2 is 2.05 bits per heavy atom. The average Bonchev–Trinajstić information content (AvgIpc) is 2.92. The van der Waals surface area contributed by atoms with E-state index < -0.39 is 11.4 Å². The minimum atomic E-state index is -1.26. The highest BCUT2D eigenvalue weighted by Gasteiger charge is 2.17. The SMILES string of the molecule is COc1ccc(-c2nsc3[nH]cc(C(=O)O)c(=O)c23)cc1. The van der Waals surface area contributed by atoms with Crippen molar-refractivity contribution >= 4 is 27.7 Å². The summed E-state index contributed by atoms with van der Waals surface area (Å²) in [5.41, 5.74) is 0.380. The number of methoxy groups -OCH3 is 1. The van der Waals surface area contributed by atoms with Gasteiger partial charge in [-0.3, -0.25) is 4.79 Å². The standard InChI is InChI=1S/C14H10N2O4S/c1-20-8-4-2-7(3-5-8)11-10-12(17)9(14(18)19)6-15-13(10)21-16-11/h2-6H,1H3,(H,15,17)(H,18,19). The number of benzene rings is 1. The van der Waals surface area contributed by atoms with Crippen LogP contribution in [0.3, 0.4) is 0 Å². The van der Waals surface area contributed by atoms with Crippen LogP contribution < -0.4 is 10.2 Å². The molecule has 0 aliphatic carbocycles. The lowest BCUT2D eigenvalue weighted by Gasteiger charge is -2.01. The number of aromatic amines is 1. The van der Waals surface area contributed by atoms with Crippen LogP contribution in [0, 0.1) is 0 Å². The number of H-pyrrole nitrogens is 1. The number of hydrogen-bond donors (Lipinski definition) is 2. The molecule has 0 aliphatic heterocycles. The van der Waals surface area contributed by atoms with Crippen LogP contribution in [0.15, 0.2) is 35.3 Å². The molecule has 3 aromatic rings. The van der Waals surface area contributed by atoms with Crippen LogP contribution in [0.25, 0.3) is 21.5 Å². The zero-order valence-electron chi connectivity index (χ0n) is 10.9. The normalized spacial score (nSPS) is 10.7. The van der Waals surface area contributed by atoms with Crippen molar-refractivity contribution in [3.05, 3.63) is 46.2 Å². The number of hydrogen-bond acceptors (Lipinski definition) is 5. The van der Waals surface area contributed by atoms with E-state index in [1.807, 2.05) is 0 Å². The molecule has 2 heterocycles. The Balaban J connectivity index is 2.25. The third-order valence-electron chi connectivity index (χ3n) is 3.11. The molecule has 0 saturated heterocycles. The lowest BCUT2D eigenvalue weighted by molar-refractivity contribution is 0.0695. The van der Waals surface area contributed by atoms with E-state index in [9.17, 15) is 9.59 Å². The Labute approximate surface area is 122 Å². The van der Waals surface area contributed by atoms with Crippen molar-refractivity contribution in [3.8, 4) is 17.0 Å². The van der Waals surface area contributed by atoms with Crippen LogP contribution in [0.5, 0.6) is 5.75 Å². The zero-order chi connectivity index (χ0) is 15.0. The first-order valence-electron chi connectivity index (χ1n) is 6.00. The zero-order valence-corrected chi connectivity index (χ0v) is 11.7. The summed E-state index contributed by atoms with van der Waals surface area (Å²) in [6.07, 6.45) is 1.20. The molecule has 2 aromatic heterocycles. The predicted octanol–water partition coefficient (Wildman–Crippen LogP) is 2.36. The Morgan fingerprint density at radius 3 is 2.67 bits per heavy atom. The van der Waals surface area contributed by atoms with E-state index in [1.165, 1.54) is 6.20 Å². The maximum absolute atomic E-state index is 12.3. The van der Waals surface area contributed by atoms with Crippen molar-refractivity contribution in [1.82, 2.24) is 9.36 Å². The van der Waals surface area contributed by atoms with Crippen LogP contribution in [0.2, 0.25) is 0 Å². The number of carbonyl (C=O) groups is 1. The number of nitrogens with one attached hydrogen (secondary N) is 1. The highest BCUT2D eigenvalue weighted by atomic mass is 32.1. The first-order chi connectivity index (χ1) is 10.1. The van der Waals surface area contributed by atoms with Gasteiger partial charge < -0.3 is 14.8 Å². The molecule has 6 nitrogen and oxygen atoms in total.